The number of nitriles is 1. The van der Waals surface area contributed by atoms with E-state index in [-0.39, 0.29) is 0 Å². The zero-order valence-corrected chi connectivity index (χ0v) is 11.2. The highest BCUT2D eigenvalue weighted by Gasteiger charge is 2.15. The predicted molar refractivity (Wildman–Crippen MR) is 82.4 cm³/mol. The van der Waals surface area contributed by atoms with Gasteiger partial charge in [-0.3, -0.25) is 0 Å². The Morgan fingerprint density at radius 1 is 1.00 bits per heavy atom. The largest absolute Gasteiger partial charge is 0.382 e. The minimum absolute atomic E-state index is 0.365. The highest BCUT2D eigenvalue weighted by atomic mass is 15.4. The number of rotatable bonds is 2. The molecule has 0 unspecified atom stereocenters. The van der Waals surface area contributed by atoms with E-state index in [0.29, 0.717) is 22.9 Å². The molecule has 102 valence electrons. The fraction of sp³-hybridized carbons (Fsp3) is 0. The third kappa shape index (κ3) is 2.19. The second-order valence-electron chi connectivity index (χ2n) is 4.60. The van der Waals surface area contributed by atoms with Crippen molar-refractivity contribution >= 4 is 5.82 Å². The first-order valence-corrected chi connectivity index (χ1v) is 6.40. The second-order valence-corrected chi connectivity index (χ2v) is 4.60. The van der Waals surface area contributed by atoms with Crippen LogP contribution in [0.2, 0.25) is 0 Å². The predicted octanol–water partition coefficient (Wildman–Crippen LogP) is 2.38. The van der Waals surface area contributed by atoms with Gasteiger partial charge in [0.2, 0.25) is 0 Å². The average molecular weight is 275 g/mol. The molecule has 0 saturated carbocycles. The van der Waals surface area contributed by atoms with Gasteiger partial charge in [-0.1, -0.05) is 42.5 Å². The molecule has 1 heterocycles. The Morgan fingerprint density at radius 3 is 2.43 bits per heavy atom. The van der Waals surface area contributed by atoms with Gasteiger partial charge in [-0.15, -0.1) is 0 Å². The van der Waals surface area contributed by atoms with Crippen LogP contribution in [0.25, 0.3) is 22.6 Å². The third-order valence-corrected chi connectivity index (χ3v) is 3.25. The van der Waals surface area contributed by atoms with Crippen molar-refractivity contribution in [2.75, 3.05) is 11.6 Å². The molecule has 0 spiro atoms. The van der Waals surface area contributed by atoms with Gasteiger partial charge in [0.1, 0.15) is 5.69 Å². The number of hydrogen-bond acceptors (Lipinski definition) is 4. The minimum Gasteiger partial charge on any atom is -0.382 e. The summed E-state index contributed by atoms with van der Waals surface area (Å²) >= 11 is 0. The van der Waals surface area contributed by atoms with Crippen molar-refractivity contribution in [1.82, 2.24) is 9.66 Å². The van der Waals surface area contributed by atoms with Crippen molar-refractivity contribution in [3.8, 4) is 28.7 Å². The average Bonchev–Trinajstić information content (AvgIpc) is 2.84. The van der Waals surface area contributed by atoms with E-state index in [2.05, 4.69) is 11.1 Å². The quantitative estimate of drug-likeness (QED) is 0.702. The highest BCUT2D eigenvalue weighted by molar-refractivity contribution is 5.76. The molecule has 0 fully saturated rings. The molecule has 5 nitrogen and oxygen atoms in total. The molecule has 5 heteroatoms. The van der Waals surface area contributed by atoms with E-state index in [0.717, 1.165) is 11.1 Å². The first-order chi connectivity index (χ1) is 10.2. The summed E-state index contributed by atoms with van der Waals surface area (Å²) in [4.78, 5) is 4.53. The molecular weight excluding hydrogens is 262 g/mol. The van der Waals surface area contributed by atoms with E-state index < -0.39 is 0 Å². The Hall–Kier alpha value is -3.26. The van der Waals surface area contributed by atoms with Gasteiger partial charge < -0.3 is 11.6 Å². The molecule has 0 atom stereocenters. The van der Waals surface area contributed by atoms with Gasteiger partial charge in [-0.25, -0.2) is 9.66 Å². The standard InChI is InChI=1S/C16H13N5/c17-10-11-5-4-8-13(9-11)14-15(18)21(19)16(20-14)12-6-2-1-3-7-12/h1-9H,18-19H2. The van der Waals surface area contributed by atoms with Crippen LogP contribution in [0.1, 0.15) is 5.56 Å². The minimum atomic E-state index is 0.365. The molecule has 3 rings (SSSR count). The molecule has 0 saturated heterocycles. The number of hydrogen-bond donors (Lipinski definition) is 2. The third-order valence-electron chi connectivity index (χ3n) is 3.25. The van der Waals surface area contributed by atoms with Crippen LogP contribution in [0.15, 0.2) is 54.6 Å². The van der Waals surface area contributed by atoms with E-state index in [1.807, 2.05) is 36.4 Å². The van der Waals surface area contributed by atoms with Crippen LogP contribution in [0.5, 0.6) is 0 Å². The Labute approximate surface area is 122 Å². The maximum absolute atomic E-state index is 8.98. The highest BCUT2D eigenvalue weighted by Crippen LogP contribution is 2.29. The van der Waals surface area contributed by atoms with Crippen molar-refractivity contribution in [1.29, 1.82) is 5.26 Å². The molecular formula is C16H13N5. The topological polar surface area (TPSA) is 93.6 Å². The van der Waals surface area contributed by atoms with Gasteiger partial charge in [0.25, 0.3) is 0 Å². The molecule has 0 bridgehead atoms. The van der Waals surface area contributed by atoms with Crippen LogP contribution in [0.4, 0.5) is 5.82 Å². The lowest BCUT2D eigenvalue weighted by Crippen LogP contribution is -2.13. The maximum atomic E-state index is 8.98. The molecule has 0 amide bonds. The van der Waals surface area contributed by atoms with Crippen molar-refractivity contribution in [3.05, 3.63) is 60.2 Å². The number of anilines is 1. The van der Waals surface area contributed by atoms with Crippen molar-refractivity contribution < 1.29 is 0 Å². The first-order valence-electron chi connectivity index (χ1n) is 6.40. The number of imidazole rings is 1. The van der Waals surface area contributed by atoms with E-state index in [1.54, 1.807) is 18.2 Å². The summed E-state index contributed by atoms with van der Waals surface area (Å²) in [5, 5.41) is 8.98. The van der Waals surface area contributed by atoms with Crippen molar-refractivity contribution in [3.63, 3.8) is 0 Å². The normalized spacial score (nSPS) is 10.2. The zero-order valence-electron chi connectivity index (χ0n) is 11.2. The van der Waals surface area contributed by atoms with Crippen molar-refractivity contribution in [2.45, 2.75) is 0 Å². The monoisotopic (exact) mass is 275 g/mol. The van der Waals surface area contributed by atoms with Crippen LogP contribution in [-0.2, 0) is 0 Å². The van der Waals surface area contributed by atoms with Crippen LogP contribution in [0, 0.1) is 11.3 Å². The molecule has 0 aliphatic heterocycles. The number of nitrogens with two attached hydrogens (primary N) is 2. The zero-order chi connectivity index (χ0) is 14.8. The molecule has 21 heavy (non-hydrogen) atoms. The summed E-state index contributed by atoms with van der Waals surface area (Å²) in [6.07, 6.45) is 0. The number of benzene rings is 2. The van der Waals surface area contributed by atoms with Gasteiger partial charge in [0.15, 0.2) is 11.6 Å². The Morgan fingerprint density at radius 2 is 1.71 bits per heavy atom. The Kier molecular flexibility index (Phi) is 3.05. The SMILES string of the molecule is N#Cc1cccc(-c2nc(-c3ccccc3)n(N)c2N)c1. The Bertz CT molecular complexity index is 828. The number of nitrogens with zero attached hydrogens (tertiary/aromatic N) is 3. The molecule has 0 radical (unpaired) electrons. The molecule has 0 aliphatic carbocycles. The maximum Gasteiger partial charge on any atom is 0.160 e. The summed E-state index contributed by atoms with van der Waals surface area (Å²) in [6, 6.07) is 18.8. The summed E-state index contributed by atoms with van der Waals surface area (Å²) < 4.78 is 1.36. The molecule has 0 aliphatic rings. The van der Waals surface area contributed by atoms with Gasteiger partial charge in [-0.2, -0.15) is 5.26 Å². The van der Waals surface area contributed by atoms with Crippen LogP contribution >= 0.6 is 0 Å². The van der Waals surface area contributed by atoms with Gasteiger partial charge in [0.05, 0.1) is 11.6 Å². The second kappa shape index (κ2) is 5.02. The Balaban J connectivity index is 2.15. The van der Waals surface area contributed by atoms with Gasteiger partial charge >= 0.3 is 0 Å². The first kappa shape index (κ1) is 12.8. The lowest BCUT2D eigenvalue weighted by atomic mass is 10.1. The van der Waals surface area contributed by atoms with Gasteiger partial charge in [0, 0.05) is 11.1 Å². The van der Waals surface area contributed by atoms with E-state index in [9.17, 15) is 0 Å². The smallest absolute Gasteiger partial charge is 0.160 e. The molecule has 1 aromatic heterocycles. The molecule has 2 aromatic carbocycles. The van der Waals surface area contributed by atoms with Crippen LogP contribution in [0.3, 0.4) is 0 Å². The lowest BCUT2D eigenvalue weighted by molar-refractivity contribution is 1.02. The van der Waals surface area contributed by atoms with E-state index in [1.165, 1.54) is 4.68 Å². The molecule has 3 aromatic rings. The summed E-state index contributed by atoms with van der Waals surface area (Å²) in [7, 11) is 0. The van der Waals surface area contributed by atoms with Gasteiger partial charge in [-0.05, 0) is 12.1 Å². The molecule has 4 N–H and O–H groups in total. The fourth-order valence-electron chi connectivity index (χ4n) is 2.18. The van der Waals surface area contributed by atoms with Crippen LogP contribution < -0.4 is 11.6 Å². The summed E-state index contributed by atoms with van der Waals surface area (Å²) in [6.45, 7) is 0. The number of aromatic nitrogens is 2. The fourth-order valence-corrected chi connectivity index (χ4v) is 2.18. The van der Waals surface area contributed by atoms with Crippen LogP contribution in [-0.4, -0.2) is 9.66 Å². The number of nitrogen functional groups attached to an aromatic ring is 2. The summed E-state index contributed by atoms with van der Waals surface area (Å²) in [5.74, 6) is 6.96. The lowest BCUT2D eigenvalue weighted by Gasteiger charge is -2.02. The summed E-state index contributed by atoms with van der Waals surface area (Å²) in [5.41, 5.74) is 8.84. The van der Waals surface area contributed by atoms with E-state index in [4.69, 9.17) is 16.8 Å². The van der Waals surface area contributed by atoms with E-state index >= 15 is 0 Å². The van der Waals surface area contributed by atoms with Crippen molar-refractivity contribution in [2.24, 2.45) is 0 Å².